The number of amides is 2. The van der Waals surface area contributed by atoms with E-state index in [9.17, 15) is 14.0 Å². The van der Waals surface area contributed by atoms with Crippen LogP contribution in [0.2, 0.25) is 0 Å². The second kappa shape index (κ2) is 8.47. The molecule has 0 radical (unpaired) electrons. The Hall–Kier alpha value is -3.88. The molecule has 0 unspecified atom stereocenters. The molecule has 4 N–H and O–H groups in total. The van der Waals surface area contributed by atoms with Crippen LogP contribution in [0.1, 0.15) is 34.3 Å². The van der Waals surface area contributed by atoms with Gasteiger partial charge in [-0.3, -0.25) is 4.79 Å². The summed E-state index contributed by atoms with van der Waals surface area (Å²) in [6.07, 6.45) is 2.62. The number of nitrogens with one attached hydrogen (secondary N) is 2. The van der Waals surface area contributed by atoms with E-state index >= 15 is 0 Å². The van der Waals surface area contributed by atoms with Gasteiger partial charge in [0.15, 0.2) is 11.6 Å². The minimum absolute atomic E-state index is 0.0869. The summed E-state index contributed by atoms with van der Waals surface area (Å²) in [4.78, 5) is 24.5. The van der Waals surface area contributed by atoms with Crippen LogP contribution in [0.5, 0.6) is 5.75 Å². The molecule has 1 aliphatic rings. The molecule has 2 aromatic carbocycles. The van der Waals surface area contributed by atoms with Crippen molar-refractivity contribution in [3.8, 4) is 11.4 Å². The molecule has 0 spiro atoms. The Bertz CT molecular complexity index is 1120. The number of nitrogens with two attached hydrogens (primary N) is 1. The van der Waals surface area contributed by atoms with E-state index in [1.54, 1.807) is 24.3 Å². The number of nitrogens with zero attached hydrogens (tertiary/aromatic N) is 2. The minimum atomic E-state index is -0.718. The molecule has 1 fully saturated rings. The summed E-state index contributed by atoms with van der Waals surface area (Å²) >= 11 is 0. The molecule has 4 rings (SSSR count). The monoisotopic (exact) mass is 423 g/mol. The molecular weight excluding hydrogens is 401 g/mol. The zero-order valence-corrected chi connectivity index (χ0v) is 16.9. The lowest BCUT2D eigenvalue weighted by Crippen LogP contribution is -2.26. The number of hydrogen-bond donors (Lipinski definition) is 3. The van der Waals surface area contributed by atoms with Gasteiger partial charge in [-0.2, -0.15) is 5.10 Å². The highest BCUT2D eigenvalue weighted by Crippen LogP contribution is 2.27. The van der Waals surface area contributed by atoms with Crippen LogP contribution in [0.15, 0.2) is 48.7 Å². The normalized spacial score (nSPS) is 13.0. The van der Waals surface area contributed by atoms with Crippen molar-refractivity contribution >= 4 is 17.8 Å². The summed E-state index contributed by atoms with van der Waals surface area (Å²) in [6, 6.07) is 11.3. The largest absolute Gasteiger partial charge is 0.413 e. The first kappa shape index (κ1) is 20.4. The molecule has 0 aliphatic heterocycles. The zero-order chi connectivity index (χ0) is 22.0. The summed E-state index contributed by atoms with van der Waals surface area (Å²) in [7, 11) is 0. The van der Waals surface area contributed by atoms with Crippen molar-refractivity contribution < 1.29 is 18.7 Å². The van der Waals surface area contributed by atoms with Crippen LogP contribution < -0.4 is 21.1 Å². The fourth-order valence-corrected chi connectivity index (χ4v) is 3.00. The molecule has 31 heavy (non-hydrogen) atoms. The molecule has 0 atom stereocenters. The predicted octanol–water partition coefficient (Wildman–Crippen LogP) is 3.08. The van der Waals surface area contributed by atoms with E-state index in [1.165, 1.54) is 23.0 Å². The SMILES string of the molecule is Cc1ccc(C(=O)NC2CC2)cc1-n1ncc(OC(=O)NCc2ccc(F)cc2)c1N. The van der Waals surface area contributed by atoms with Crippen LogP contribution in [-0.2, 0) is 6.54 Å². The van der Waals surface area contributed by atoms with E-state index in [1.807, 2.05) is 13.0 Å². The average molecular weight is 423 g/mol. The molecule has 160 valence electrons. The first-order chi connectivity index (χ1) is 14.9. The Morgan fingerprint density at radius 2 is 1.97 bits per heavy atom. The van der Waals surface area contributed by atoms with E-state index < -0.39 is 6.09 Å². The first-order valence-electron chi connectivity index (χ1n) is 9.86. The van der Waals surface area contributed by atoms with Gasteiger partial charge in [-0.1, -0.05) is 18.2 Å². The maximum absolute atomic E-state index is 13.0. The lowest BCUT2D eigenvalue weighted by Gasteiger charge is -2.11. The molecule has 9 heteroatoms. The third kappa shape index (κ3) is 4.82. The molecule has 2 amide bonds. The number of ether oxygens (including phenoxy) is 1. The topological polar surface area (TPSA) is 111 Å². The standard InChI is InChI=1S/C22H22FN5O3/c1-13-2-5-15(21(29)27-17-8-9-17)10-18(13)28-20(24)19(12-26-28)31-22(30)25-11-14-3-6-16(23)7-4-14/h2-7,10,12,17H,8-9,11,24H2,1H3,(H,25,30)(H,27,29). The van der Waals surface area contributed by atoms with Gasteiger partial charge >= 0.3 is 6.09 Å². The molecule has 0 saturated heterocycles. The van der Waals surface area contributed by atoms with Gasteiger partial charge in [0.2, 0.25) is 0 Å². The molecule has 3 aromatic rings. The summed E-state index contributed by atoms with van der Waals surface area (Å²) in [5.74, 6) is -0.286. The summed E-state index contributed by atoms with van der Waals surface area (Å²) in [5.41, 5.74) is 8.83. The lowest BCUT2D eigenvalue weighted by molar-refractivity contribution is 0.0951. The number of aromatic nitrogens is 2. The van der Waals surface area contributed by atoms with E-state index in [0.717, 1.165) is 24.0 Å². The van der Waals surface area contributed by atoms with Gasteiger partial charge in [0.05, 0.1) is 11.9 Å². The average Bonchev–Trinajstić information content (AvgIpc) is 3.50. The second-order valence-electron chi connectivity index (χ2n) is 7.42. The summed E-state index contributed by atoms with van der Waals surface area (Å²) in [5, 5.41) is 9.73. The van der Waals surface area contributed by atoms with Gasteiger partial charge in [0, 0.05) is 18.2 Å². The third-order valence-corrected chi connectivity index (χ3v) is 4.94. The van der Waals surface area contributed by atoms with Crippen LogP contribution in [-0.4, -0.2) is 27.8 Å². The van der Waals surface area contributed by atoms with Crippen LogP contribution in [0.4, 0.5) is 15.0 Å². The number of benzene rings is 2. The minimum Gasteiger partial charge on any atom is -0.405 e. The maximum atomic E-state index is 13.0. The van der Waals surface area contributed by atoms with E-state index in [4.69, 9.17) is 10.5 Å². The highest BCUT2D eigenvalue weighted by molar-refractivity contribution is 5.95. The van der Waals surface area contributed by atoms with Gasteiger partial charge in [-0.05, 0) is 55.2 Å². The Morgan fingerprint density at radius 1 is 1.23 bits per heavy atom. The van der Waals surface area contributed by atoms with Crippen LogP contribution >= 0.6 is 0 Å². The van der Waals surface area contributed by atoms with E-state index in [0.29, 0.717) is 11.3 Å². The number of nitrogen functional groups attached to an aromatic ring is 1. The number of carbonyl (C=O) groups is 2. The van der Waals surface area contributed by atoms with Crippen LogP contribution in [0.3, 0.4) is 0 Å². The fraction of sp³-hybridized carbons (Fsp3) is 0.227. The number of halogens is 1. The molecule has 0 bridgehead atoms. The van der Waals surface area contributed by atoms with Gasteiger partial charge in [-0.25, -0.2) is 13.9 Å². The van der Waals surface area contributed by atoms with Crippen molar-refractivity contribution in [3.63, 3.8) is 0 Å². The Kier molecular flexibility index (Phi) is 5.57. The summed E-state index contributed by atoms with van der Waals surface area (Å²) in [6.45, 7) is 2.04. The van der Waals surface area contributed by atoms with Crippen molar-refractivity contribution in [2.24, 2.45) is 0 Å². The molecule has 8 nitrogen and oxygen atoms in total. The fourth-order valence-electron chi connectivity index (χ4n) is 3.00. The molecule has 1 heterocycles. The van der Waals surface area contributed by atoms with E-state index in [2.05, 4.69) is 15.7 Å². The second-order valence-corrected chi connectivity index (χ2v) is 7.42. The number of hydrogen-bond acceptors (Lipinski definition) is 5. The van der Waals surface area contributed by atoms with Crippen LogP contribution in [0, 0.1) is 12.7 Å². The molecule has 1 aliphatic carbocycles. The third-order valence-electron chi connectivity index (χ3n) is 4.94. The number of carbonyl (C=O) groups excluding carboxylic acids is 2. The van der Waals surface area contributed by atoms with Gasteiger partial charge in [0.25, 0.3) is 5.91 Å². The Balaban J connectivity index is 1.45. The first-order valence-corrected chi connectivity index (χ1v) is 9.86. The van der Waals surface area contributed by atoms with Gasteiger partial charge < -0.3 is 21.1 Å². The molecule has 1 saturated carbocycles. The number of rotatable bonds is 6. The van der Waals surface area contributed by atoms with E-state index in [-0.39, 0.29) is 35.9 Å². The van der Waals surface area contributed by atoms with Crippen LogP contribution in [0.25, 0.3) is 5.69 Å². The predicted molar refractivity (Wildman–Crippen MR) is 112 cm³/mol. The quantitative estimate of drug-likeness (QED) is 0.564. The van der Waals surface area contributed by atoms with Crippen molar-refractivity contribution in [1.29, 1.82) is 0 Å². The maximum Gasteiger partial charge on any atom is 0.413 e. The zero-order valence-electron chi connectivity index (χ0n) is 16.9. The lowest BCUT2D eigenvalue weighted by atomic mass is 10.1. The molecule has 1 aromatic heterocycles. The van der Waals surface area contributed by atoms with Gasteiger partial charge in [-0.15, -0.1) is 0 Å². The smallest absolute Gasteiger partial charge is 0.405 e. The van der Waals surface area contributed by atoms with Crippen molar-refractivity contribution in [2.75, 3.05) is 5.73 Å². The Morgan fingerprint density at radius 3 is 2.68 bits per heavy atom. The van der Waals surface area contributed by atoms with Crippen molar-refractivity contribution in [1.82, 2.24) is 20.4 Å². The molecular formula is C22H22FN5O3. The van der Waals surface area contributed by atoms with Crippen molar-refractivity contribution in [3.05, 3.63) is 71.2 Å². The summed E-state index contributed by atoms with van der Waals surface area (Å²) < 4.78 is 19.6. The number of anilines is 1. The van der Waals surface area contributed by atoms with Crippen molar-refractivity contribution in [2.45, 2.75) is 32.4 Å². The Labute approximate surface area is 178 Å². The number of aryl methyl sites for hydroxylation is 1. The highest BCUT2D eigenvalue weighted by atomic mass is 19.1. The van der Waals surface area contributed by atoms with Gasteiger partial charge in [0.1, 0.15) is 5.82 Å². The highest BCUT2D eigenvalue weighted by Gasteiger charge is 2.24.